The van der Waals surface area contributed by atoms with E-state index in [1.54, 1.807) is 0 Å². The monoisotopic (exact) mass is 330 g/mol. The molecule has 1 heterocycles. The van der Waals surface area contributed by atoms with Gasteiger partial charge in [0, 0.05) is 29.8 Å². The van der Waals surface area contributed by atoms with Gasteiger partial charge < -0.3 is 9.47 Å². The molecule has 0 unspecified atom stereocenters. The van der Waals surface area contributed by atoms with Gasteiger partial charge in [-0.3, -0.25) is 4.79 Å². The van der Waals surface area contributed by atoms with E-state index < -0.39 is 18.5 Å². The van der Waals surface area contributed by atoms with Crippen LogP contribution in [0.15, 0.2) is 23.6 Å². The minimum Gasteiger partial charge on any atom is -0.454 e. The molecule has 0 amide bonds. The van der Waals surface area contributed by atoms with Crippen LogP contribution >= 0.6 is 23.2 Å². The van der Waals surface area contributed by atoms with Crippen molar-refractivity contribution < 1.29 is 19.1 Å². The van der Waals surface area contributed by atoms with Crippen molar-refractivity contribution in [2.24, 2.45) is 5.11 Å². The van der Waals surface area contributed by atoms with Gasteiger partial charge in [-0.15, -0.1) is 0 Å². The van der Waals surface area contributed by atoms with Gasteiger partial charge in [0.05, 0.1) is 5.02 Å². The van der Waals surface area contributed by atoms with Gasteiger partial charge in [0.15, 0.2) is 6.61 Å². The van der Waals surface area contributed by atoms with Crippen molar-refractivity contribution in [1.29, 1.82) is 0 Å². The van der Waals surface area contributed by atoms with Crippen LogP contribution in [0.3, 0.4) is 0 Å². The Morgan fingerprint density at radius 1 is 1.52 bits per heavy atom. The largest absolute Gasteiger partial charge is 0.454 e. The molecule has 0 aliphatic carbocycles. The summed E-state index contributed by atoms with van der Waals surface area (Å²) in [4.78, 5) is 28.4. The van der Waals surface area contributed by atoms with Crippen molar-refractivity contribution in [3.63, 3.8) is 0 Å². The number of rotatable bonds is 5. The van der Waals surface area contributed by atoms with Crippen molar-refractivity contribution in [1.82, 2.24) is 4.98 Å². The van der Waals surface area contributed by atoms with Crippen LogP contribution in [0.2, 0.25) is 10.2 Å². The summed E-state index contributed by atoms with van der Waals surface area (Å²) in [6.45, 7) is 0.560. The number of azide groups is 1. The van der Waals surface area contributed by atoms with Crippen LogP contribution < -0.4 is 0 Å². The Morgan fingerprint density at radius 3 is 2.81 bits per heavy atom. The predicted molar refractivity (Wildman–Crippen MR) is 74.1 cm³/mol. The number of ether oxygens (including phenoxy) is 2. The number of nitrogens with zero attached hydrogens (tertiary/aromatic N) is 4. The van der Waals surface area contributed by atoms with E-state index in [0.29, 0.717) is 0 Å². The second-order valence-electron chi connectivity index (χ2n) is 3.45. The third-order valence-electron chi connectivity index (χ3n) is 1.92. The van der Waals surface area contributed by atoms with Crippen LogP contribution in [0.25, 0.3) is 16.2 Å². The molecular weight excluding hydrogens is 323 g/mol. The highest BCUT2D eigenvalue weighted by Gasteiger charge is 2.13. The number of aromatic nitrogens is 1. The van der Waals surface area contributed by atoms with E-state index in [1.807, 2.05) is 0 Å². The summed E-state index contributed by atoms with van der Waals surface area (Å²) in [6, 6.07) is 1.37. The van der Waals surface area contributed by atoms with Gasteiger partial charge in [-0.05, 0) is 11.6 Å². The summed E-state index contributed by atoms with van der Waals surface area (Å²) in [5.74, 6) is -1.62. The average Bonchev–Trinajstić information content (AvgIpc) is 2.44. The van der Waals surface area contributed by atoms with E-state index in [1.165, 1.54) is 12.3 Å². The van der Waals surface area contributed by atoms with Gasteiger partial charge >= 0.3 is 11.9 Å². The van der Waals surface area contributed by atoms with E-state index in [9.17, 15) is 9.59 Å². The molecule has 8 nitrogen and oxygen atoms in total. The Labute approximate surface area is 128 Å². The lowest BCUT2D eigenvalue weighted by Gasteiger charge is -2.08. The number of halogens is 2. The fourth-order valence-electron chi connectivity index (χ4n) is 1.11. The smallest absolute Gasteiger partial charge is 0.349 e. The molecular formula is C11H8Cl2N4O4. The standard InChI is InChI=1S/C11H8Cl2N4O4/c1-6(18)20-5-10(19)21-9(4-16-17-14)7-2-8(12)11(13)15-3-7/h2-4H,5H2,1H3/b9-4+. The summed E-state index contributed by atoms with van der Waals surface area (Å²) < 4.78 is 9.40. The van der Waals surface area contributed by atoms with E-state index in [0.717, 1.165) is 13.1 Å². The Morgan fingerprint density at radius 2 is 2.24 bits per heavy atom. The van der Waals surface area contributed by atoms with Gasteiger partial charge in [0.1, 0.15) is 10.9 Å². The number of carbonyl (C=O) groups is 2. The average molecular weight is 331 g/mol. The highest BCUT2D eigenvalue weighted by Crippen LogP contribution is 2.24. The summed E-state index contributed by atoms with van der Waals surface area (Å²) in [7, 11) is 0. The first kappa shape index (κ1) is 16.8. The second kappa shape index (κ2) is 8.11. The molecule has 0 radical (unpaired) electrons. The minimum absolute atomic E-state index is 0.0646. The first-order chi connectivity index (χ1) is 9.93. The van der Waals surface area contributed by atoms with Crippen LogP contribution in [0, 0.1) is 0 Å². The molecule has 0 aliphatic rings. The maximum Gasteiger partial charge on any atom is 0.349 e. The van der Waals surface area contributed by atoms with Crippen molar-refractivity contribution in [3.05, 3.63) is 44.6 Å². The Balaban J connectivity index is 2.96. The molecule has 0 saturated heterocycles. The molecule has 0 aromatic carbocycles. The molecule has 0 saturated carbocycles. The topological polar surface area (TPSA) is 114 Å². The van der Waals surface area contributed by atoms with Crippen LogP contribution in [0.4, 0.5) is 0 Å². The molecule has 0 atom stereocenters. The molecule has 1 aromatic rings. The number of hydrogen-bond acceptors (Lipinski definition) is 6. The summed E-state index contributed by atoms with van der Waals surface area (Å²) in [5, 5.41) is 3.37. The zero-order valence-corrected chi connectivity index (χ0v) is 12.1. The summed E-state index contributed by atoms with van der Waals surface area (Å²) in [5.41, 5.74) is 8.57. The van der Waals surface area contributed by atoms with Crippen LogP contribution in [-0.4, -0.2) is 23.5 Å². The molecule has 110 valence electrons. The Kier molecular flexibility index (Phi) is 6.48. The van der Waals surface area contributed by atoms with Gasteiger partial charge in [-0.25, -0.2) is 9.78 Å². The summed E-state index contributed by atoms with van der Waals surface area (Å²) >= 11 is 11.5. The third kappa shape index (κ3) is 5.70. The van der Waals surface area contributed by atoms with Crippen molar-refractivity contribution >= 4 is 40.9 Å². The lowest BCUT2D eigenvalue weighted by Crippen LogP contribution is -2.14. The number of esters is 2. The van der Waals surface area contributed by atoms with E-state index >= 15 is 0 Å². The molecule has 21 heavy (non-hydrogen) atoms. The van der Waals surface area contributed by atoms with Crippen molar-refractivity contribution in [2.45, 2.75) is 6.92 Å². The van der Waals surface area contributed by atoms with Crippen LogP contribution in [0.5, 0.6) is 0 Å². The van der Waals surface area contributed by atoms with Crippen molar-refractivity contribution in [2.75, 3.05) is 6.61 Å². The maximum atomic E-state index is 11.5. The maximum absolute atomic E-state index is 11.5. The molecule has 0 spiro atoms. The third-order valence-corrected chi connectivity index (χ3v) is 2.61. The SMILES string of the molecule is CC(=O)OCC(=O)O/C(=C/N=[N+]=[N-])c1cnc(Cl)c(Cl)c1. The number of hydrogen-bond donors (Lipinski definition) is 0. The highest BCUT2D eigenvalue weighted by atomic mass is 35.5. The van der Waals surface area contributed by atoms with Gasteiger partial charge in [-0.2, -0.15) is 0 Å². The molecule has 1 aromatic heterocycles. The fourth-order valence-corrected chi connectivity index (χ4v) is 1.38. The van der Waals surface area contributed by atoms with E-state index in [2.05, 4.69) is 19.7 Å². The van der Waals surface area contributed by atoms with Gasteiger partial charge in [0.25, 0.3) is 0 Å². The second-order valence-corrected chi connectivity index (χ2v) is 4.21. The molecule has 10 heteroatoms. The van der Waals surface area contributed by atoms with Crippen LogP contribution in [0.1, 0.15) is 12.5 Å². The Hall–Kier alpha value is -2.28. The fraction of sp³-hybridized carbons (Fsp3) is 0.182. The minimum atomic E-state index is -0.865. The zero-order chi connectivity index (χ0) is 15.8. The van der Waals surface area contributed by atoms with E-state index in [4.69, 9.17) is 33.5 Å². The normalized spacial score (nSPS) is 10.5. The lowest BCUT2D eigenvalue weighted by atomic mass is 10.2. The zero-order valence-electron chi connectivity index (χ0n) is 10.6. The molecule has 0 fully saturated rings. The molecule has 0 bridgehead atoms. The first-order valence-corrected chi connectivity index (χ1v) is 6.09. The van der Waals surface area contributed by atoms with Crippen molar-refractivity contribution in [3.8, 4) is 0 Å². The highest BCUT2D eigenvalue weighted by molar-refractivity contribution is 6.41. The van der Waals surface area contributed by atoms with Gasteiger partial charge in [0.2, 0.25) is 0 Å². The van der Waals surface area contributed by atoms with E-state index in [-0.39, 0.29) is 21.5 Å². The number of pyridine rings is 1. The predicted octanol–water partition coefficient (Wildman–Crippen LogP) is 3.10. The molecule has 0 N–H and O–H groups in total. The first-order valence-electron chi connectivity index (χ1n) is 5.34. The van der Waals surface area contributed by atoms with Gasteiger partial charge in [-0.1, -0.05) is 28.3 Å². The Bertz CT molecular complexity index is 641. The van der Waals surface area contributed by atoms with Crippen LogP contribution in [-0.2, 0) is 19.1 Å². The quantitative estimate of drug-likeness (QED) is 0.205. The molecule has 1 rings (SSSR count). The molecule has 0 aliphatic heterocycles. The number of carbonyl (C=O) groups excluding carboxylic acids is 2. The summed E-state index contributed by atoms with van der Waals surface area (Å²) in [6.07, 6.45) is 2.22. The lowest BCUT2D eigenvalue weighted by molar-refractivity contribution is -0.153.